The Labute approximate surface area is 162 Å². The summed E-state index contributed by atoms with van der Waals surface area (Å²) in [6, 6.07) is 7.74. The summed E-state index contributed by atoms with van der Waals surface area (Å²) < 4.78 is 4.92. The Morgan fingerprint density at radius 2 is 2.16 bits per heavy atom. The van der Waals surface area contributed by atoms with Crippen LogP contribution in [0.1, 0.15) is 33.3 Å². The molecule has 4 nitrogen and oxygen atoms in total. The molecule has 25 heavy (non-hydrogen) atoms. The van der Waals surface area contributed by atoms with Gasteiger partial charge in [-0.05, 0) is 55.2 Å². The Balaban J connectivity index is 1.99. The highest BCUT2D eigenvalue weighted by molar-refractivity contribution is 7.80. The summed E-state index contributed by atoms with van der Waals surface area (Å²) in [4.78, 5) is 13.2. The SMILES string of the molecule is CCc1c(C)sc(NC(=S)NCCc2cccc(Cl)c2)c1C(=O)OC. The Hall–Kier alpha value is -1.63. The molecular weight excluding hydrogens is 376 g/mol. The summed E-state index contributed by atoms with van der Waals surface area (Å²) in [6.07, 6.45) is 1.57. The lowest BCUT2D eigenvalue weighted by molar-refractivity contribution is 0.0601. The molecule has 0 aliphatic carbocycles. The molecule has 1 heterocycles. The van der Waals surface area contributed by atoms with E-state index >= 15 is 0 Å². The zero-order valence-corrected chi connectivity index (χ0v) is 16.8. The van der Waals surface area contributed by atoms with Crippen LogP contribution < -0.4 is 10.6 Å². The molecule has 134 valence electrons. The van der Waals surface area contributed by atoms with Gasteiger partial charge in [0, 0.05) is 16.4 Å². The second-order valence-electron chi connectivity index (χ2n) is 5.45. The third-order valence-corrected chi connectivity index (χ3v) is 5.31. The van der Waals surface area contributed by atoms with Crippen molar-refractivity contribution in [1.82, 2.24) is 5.32 Å². The summed E-state index contributed by atoms with van der Waals surface area (Å²) in [6.45, 7) is 4.69. The van der Waals surface area contributed by atoms with E-state index in [9.17, 15) is 4.79 Å². The Kier molecular flexibility index (Phi) is 7.23. The number of carbonyl (C=O) groups is 1. The molecule has 1 aromatic heterocycles. The van der Waals surface area contributed by atoms with Crippen molar-refractivity contribution < 1.29 is 9.53 Å². The van der Waals surface area contributed by atoms with Crippen LogP contribution in [0.4, 0.5) is 5.00 Å². The standard InChI is InChI=1S/C18H21ClN2O2S2/c1-4-14-11(2)25-16(15(14)17(22)23-3)21-18(24)20-9-8-12-6-5-7-13(19)10-12/h5-7,10H,4,8-9H2,1-3H3,(H2,20,21,24). The Morgan fingerprint density at radius 3 is 2.80 bits per heavy atom. The van der Waals surface area contributed by atoms with Gasteiger partial charge in [0.2, 0.25) is 0 Å². The van der Waals surface area contributed by atoms with Crippen molar-refractivity contribution in [2.45, 2.75) is 26.7 Å². The number of halogens is 1. The summed E-state index contributed by atoms with van der Waals surface area (Å²) in [5.41, 5.74) is 2.71. The molecule has 0 atom stereocenters. The summed E-state index contributed by atoms with van der Waals surface area (Å²) >= 11 is 12.9. The maximum Gasteiger partial charge on any atom is 0.341 e. The maximum atomic E-state index is 12.1. The van der Waals surface area contributed by atoms with Gasteiger partial charge in [-0.15, -0.1) is 11.3 Å². The van der Waals surface area contributed by atoms with Gasteiger partial charge >= 0.3 is 5.97 Å². The molecule has 0 fully saturated rings. The first-order valence-electron chi connectivity index (χ1n) is 7.96. The highest BCUT2D eigenvalue weighted by Crippen LogP contribution is 2.33. The number of rotatable bonds is 6. The van der Waals surface area contributed by atoms with Crippen LogP contribution >= 0.6 is 35.2 Å². The van der Waals surface area contributed by atoms with Crippen LogP contribution in [0, 0.1) is 6.92 Å². The van der Waals surface area contributed by atoms with Crippen molar-refractivity contribution in [3.63, 3.8) is 0 Å². The predicted octanol–water partition coefficient (Wildman–Crippen LogP) is 4.59. The van der Waals surface area contributed by atoms with E-state index in [2.05, 4.69) is 10.6 Å². The van der Waals surface area contributed by atoms with E-state index in [0.29, 0.717) is 17.2 Å². The van der Waals surface area contributed by atoms with Crippen LogP contribution in [0.2, 0.25) is 5.02 Å². The van der Waals surface area contributed by atoms with Gasteiger partial charge in [0.1, 0.15) is 5.00 Å². The molecule has 0 saturated carbocycles. The van der Waals surface area contributed by atoms with Gasteiger partial charge in [0.15, 0.2) is 5.11 Å². The molecule has 0 aliphatic heterocycles. The quantitative estimate of drug-likeness (QED) is 0.552. The number of esters is 1. The second kappa shape index (κ2) is 9.17. The minimum Gasteiger partial charge on any atom is -0.465 e. The number of anilines is 1. The fourth-order valence-electron chi connectivity index (χ4n) is 2.57. The van der Waals surface area contributed by atoms with Crippen molar-refractivity contribution in [3.8, 4) is 0 Å². The fraction of sp³-hybridized carbons (Fsp3) is 0.333. The number of benzene rings is 1. The molecule has 0 radical (unpaired) electrons. The number of carbonyl (C=O) groups excluding carboxylic acids is 1. The van der Waals surface area contributed by atoms with Crippen LogP contribution in [0.5, 0.6) is 0 Å². The minimum atomic E-state index is -0.342. The molecule has 0 spiro atoms. The zero-order valence-electron chi connectivity index (χ0n) is 14.4. The molecule has 0 amide bonds. The predicted molar refractivity (Wildman–Crippen MR) is 109 cm³/mol. The molecule has 2 aromatic rings. The summed E-state index contributed by atoms with van der Waals surface area (Å²) in [7, 11) is 1.39. The molecule has 0 saturated heterocycles. The third kappa shape index (κ3) is 5.17. The van der Waals surface area contributed by atoms with Crippen molar-refractivity contribution in [2.24, 2.45) is 0 Å². The molecule has 7 heteroatoms. The largest absolute Gasteiger partial charge is 0.465 e. The molecule has 2 rings (SSSR count). The van der Waals surface area contributed by atoms with Crippen LogP contribution in [-0.4, -0.2) is 24.7 Å². The summed E-state index contributed by atoms with van der Waals surface area (Å²) in [5.74, 6) is -0.342. The van der Waals surface area contributed by atoms with E-state index < -0.39 is 0 Å². The molecule has 1 aromatic carbocycles. The Morgan fingerprint density at radius 1 is 1.40 bits per heavy atom. The van der Waals surface area contributed by atoms with Gasteiger partial charge in [-0.25, -0.2) is 4.79 Å². The Bertz CT molecular complexity index is 774. The van der Waals surface area contributed by atoms with E-state index in [1.54, 1.807) is 0 Å². The van der Waals surface area contributed by atoms with E-state index in [4.69, 9.17) is 28.6 Å². The minimum absolute atomic E-state index is 0.342. The first-order valence-corrected chi connectivity index (χ1v) is 9.56. The normalized spacial score (nSPS) is 10.4. The van der Waals surface area contributed by atoms with E-state index in [1.165, 1.54) is 18.4 Å². The number of ether oxygens (including phenoxy) is 1. The molecule has 0 aliphatic rings. The topological polar surface area (TPSA) is 50.4 Å². The lowest BCUT2D eigenvalue weighted by Gasteiger charge is -2.11. The van der Waals surface area contributed by atoms with Crippen LogP contribution in [0.3, 0.4) is 0 Å². The number of nitrogens with one attached hydrogen (secondary N) is 2. The highest BCUT2D eigenvalue weighted by Gasteiger charge is 2.22. The van der Waals surface area contributed by atoms with Gasteiger partial charge in [0.25, 0.3) is 0 Å². The van der Waals surface area contributed by atoms with Crippen LogP contribution in [0.25, 0.3) is 0 Å². The van der Waals surface area contributed by atoms with Crippen molar-refractivity contribution in [3.05, 3.63) is 50.9 Å². The lowest BCUT2D eigenvalue weighted by atomic mass is 10.1. The third-order valence-electron chi connectivity index (χ3n) is 3.77. The van der Waals surface area contributed by atoms with Gasteiger partial charge in [-0.2, -0.15) is 0 Å². The number of hydrogen-bond donors (Lipinski definition) is 2. The lowest BCUT2D eigenvalue weighted by Crippen LogP contribution is -2.30. The van der Waals surface area contributed by atoms with Gasteiger partial charge in [0.05, 0.1) is 12.7 Å². The average Bonchev–Trinajstić information content (AvgIpc) is 2.89. The van der Waals surface area contributed by atoms with Gasteiger partial charge in [-0.1, -0.05) is 30.7 Å². The van der Waals surface area contributed by atoms with Crippen molar-refractivity contribution in [2.75, 3.05) is 19.0 Å². The van der Waals surface area contributed by atoms with Gasteiger partial charge in [-0.3, -0.25) is 0 Å². The van der Waals surface area contributed by atoms with Crippen molar-refractivity contribution >= 4 is 51.2 Å². The number of thiocarbonyl (C=S) groups is 1. The number of thiophene rings is 1. The van der Waals surface area contributed by atoms with E-state index in [-0.39, 0.29) is 5.97 Å². The molecule has 2 N–H and O–H groups in total. The second-order valence-corrected chi connectivity index (χ2v) is 7.52. The van der Waals surface area contributed by atoms with Crippen LogP contribution in [0.15, 0.2) is 24.3 Å². The first-order chi connectivity index (χ1) is 12.0. The summed E-state index contributed by atoms with van der Waals surface area (Å²) in [5, 5.41) is 8.22. The number of aryl methyl sites for hydroxylation is 1. The van der Waals surface area contributed by atoms with E-state index in [0.717, 1.165) is 38.9 Å². The van der Waals surface area contributed by atoms with Crippen molar-refractivity contribution in [1.29, 1.82) is 0 Å². The monoisotopic (exact) mass is 396 g/mol. The fourth-order valence-corrected chi connectivity index (χ4v) is 4.19. The smallest absolute Gasteiger partial charge is 0.341 e. The maximum absolute atomic E-state index is 12.1. The average molecular weight is 397 g/mol. The molecule has 0 unspecified atom stereocenters. The van der Waals surface area contributed by atoms with E-state index in [1.807, 2.05) is 38.1 Å². The van der Waals surface area contributed by atoms with Crippen LogP contribution in [-0.2, 0) is 17.6 Å². The highest BCUT2D eigenvalue weighted by atomic mass is 35.5. The molecule has 0 bridgehead atoms. The zero-order chi connectivity index (χ0) is 18.4. The molecular formula is C18H21ClN2O2S2. The number of methoxy groups -OCH3 is 1. The van der Waals surface area contributed by atoms with Gasteiger partial charge < -0.3 is 15.4 Å². The number of hydrogen-bond acceptors (Lipinski definition) is 4. The first kappa shape index (κ1) is 19.7.